The third-order valence-corrected chi connectivity index (χ3v) is 9.25. The molecule has 0 saturated heterocycles. The van der Waals surface area contributed by atoms with Crippen LogP contribution in [0.4, 0.5) is 5.69 Å². The van der Waals surface area contributed by atoms with Gasteiger partial charge in [0.1, 0.15) is 18.3 Å². The first-order chi connectivity index (χ1) is 20.4. The fraction of sp³-hybridized carbons (Fsp3) is 0.394. The molecule has 2 amide bonds. The molecule has 1 N–H and O–H groups in total. The van der Waals surface area contributed by atoms with Gasteiger partial charge in [-0.1, -0.05) is 49.4 Å². The number of nitrogens with one attached hydrogen (secondary N) is 1. The molecule has 232 valence electrons. The largest absolute Gasteiger partial charge is 0.492 e. The van der Waals surface area contributed by atoms with Crippen LogP contribution in [0, 0.1) is 0 Å². The molecule has 0 spiro atoms. The van der Waals surface area contributed by atoms with E-state index >= 15 is 0 Å². The van der Waals surface area contributed by atoms with E-state index in [1.54, 1.807) is 48.5 Å². The maximum Gasteiger partial charge on any atom is 0.264 e. The van der Waals surface area contributed by atoms with E-state index < -0.39 is 34.1 Å². The standard InChI is InChI=1S/C33H43N3O5S2/c1-7-28(32(38)34-33(3,4)5)35(23-22-25-14-10-9-11-15-25)31(37)24-36(29-16-12-13-17-30(29)41-8-2)43(39,40)27-20-18-26(42-6)19-21-27/h9-21,28H,7-8,22-24H2,1-6H3,(H,34,38). The Bertz CT molecular complexity index is 1460. The van der Waals surface area contributed by atoms with Crippen LogP contribution in [0.5, 0.6) is 5.75 Å². The number of nitrogens with zero attached hydrogens (tertiary/aromatic N) is 2. The van der Waals surface area contributed by atoms with Crippen LogP contribution in [-0.2, 0) is 26.0 Å². The predicted octanol–water partition coefficient (Wildman–Crippen LogP) is 5.77. The number of para-hydroxylation sites is 2. The van der Waals surface area contributed by atoms with Crippen molar-refractivity contribution >= 4 is 39.3 Å². The van der Waals surface area contributed by atoms with Gasteiger partial charge >= 0.3 is 0 Å². The number of hydrogen-bond acceptors (Lipinski definition) is 6. The van der Waals surface area contributed by atoms with E-state index in [0.717, 1.165) is 14.8 Å². The molecule has 1 atom stereocenters. The number of amides is 2. The van der Waals surface area contributed by atoms with Gasteiger partial charge in [-0.2, -0.15) is 0 Å². The first-order valence-corrected chi connectivity index (χ1v) is 17.1. The molecule has 0 heterocycles. The zero-order valence-corrected chi connectivity index (χ0v) is 27.5. The lowest BCUT2D eigenvalue weighted by molar-refractivity contribution is -0.140. The lowest BCUT2D eigenvalue weighted by Gasteiger charge is -2.35. The first-order valence-electron chi connectivity index (χ1n) is 14.4. The number of carbonyl (C=O) groups is 2. The Hall–Kier alpha value is -3.50. The minimum atomic E-state index is -4.20. The average Bonchev–Trinajstić information content (AvgIpc) is 2.98. The second kappa shape index (κ2) is 15.3. The zero-order chi connectivity index (χ0) is 31.6. The lowest BCUT2D eigenvalue weighted by Crippen LogP contribution is -2.56. The number of hydrogen-bond donors (Lipinski definition) is 1. The highest BCUT2D eigenvalue weighted by Crippen LogP contribution is 2.33. The third-order valence-electron chi connectivity index (χ3n) is 6.73. The minimum absolute atomic E-state index is 0.0535. The molecule has 0 aromatic heterocycles. The van der Waals surface area contributed by atoms with E-state index in [2.05, 4.69) is 5.32 Å². The van der Waals surface area contributed by atoms with Crippen molar-refractivity contribution in [2.75, 3.05) is 30.3 Å². The molecule has 8 nitrogen and oxygen atoms in total. The molecule has 3 rings (SSSR count). The predicted molar refractivity (Wildman–Crippen MR) is 174 cm³/mol. The number of benzene rings is 3. The van der Waals surface area contributed by atoms with E-state index in [4.69, 9.17) is 4.74 Å². The summed E-state index contributed by atoms with van der Waals surface area (Å²) in [6, 6.07) is 22.2. The van der Waals surface area contributed by atoms with E-state index in [1.807, 2.05) is 71.2 Å². The highest BCUT2D eigenvalue weighted by atomic mass is 32.2. The highest BCUT2D eigenvalue weighted by Gasteiger charge is 2.35. The summed E-state index contributed by atoms with van der Waals surface area (Å²) in [4.78, 5) is 30.2. The number of anilines is 1. The Morgan fingerprint density at radius 1 is 0.930 bits per heavy atom. The van der Waals surface area contributed by atoms with E-state index in [1.165, 1.54) is 16.7 Å². The molecule has 0 aliphatic heterocycles. The Morgan fingerprint density at radius 3 is 2.14 bits per heavy atom. The molecule has 3 aromatic rings. The van der Waals surface area contributed by atoms with Crippen molar-refractivity contribution in [3.63, 3.8) is 0 Å². The maximum atomic E-state index is 14.3. The van der Waals surface area contributed by atoms with Crippen molar-refractivity contribution in [2.45, 2.75) is 68.8 Å². The zero-order valence-electron chi connectivity index (χ0n) is 25.9. The minimum Gasteiger partial charge on any atom is -0.492 e. The monoisotopic (exact) mass is 625 g/mol. The fourth-order valence-electron chi connectivity index (χ4n) is 4.68. The van der Waals surface area contributed by atoms with Crippen molar-refractivity contribution in [3.8, 4) is 5.75 Å². The molecule has 3 aromatic carbocycles. The van der Waals surface area contributed by atoms with Crippen LogP contribution in [0.1, 0.15) is 46.6 Å². The second-order valence-electron chi connectivity index (χ2n) is 11.1. The number of sulfonamides is 1. The molecular weight excluding hydrogens is 583 g/mol. The van der Waals surface area contributed by atoms with Crippen LogP contribution in [0.3, 0.4) is 0 Å². The molecular formula is C33H43N3O5S2. The molecule has 10 heteroatoms. The quantitative estimate of drug-likeness (QED) is 0.229. The Labute approximate surface area is 260 Å². The number of rotatable bonds is 14. The summed E-state index contributed by atoms with van der Waals surface area (Å²) in [6.45, 7) is 9.36. The third kappa shape index (κ3) is 9.24. The van der Waals surface area contributed by atoms with Crippen molar-refractivity contribution in [1.29, 1.82) is 0 Å². The Balaban J connectivity index is 2.08. The van der Waals surface area contributed by atoms with Gasteiger partial charge in [0.05, 0.1) is 17.2 Å². The van der Waals surface area contributed by atoms with Gasteiger partial charge in [-0.05, 0) is 88.8 Å². The van der Waals surface area contributed by atoms with Gasteiger partial charge in [0.2, 0.25) is 11.8 Å². The van der Waals surface area contributed by atoms with Gasteiger partial charge in [0.25, 0.3) is 10.0 Å². The molecule has 0 aliphatic carbocycles. The summed E-state index contributed by atoms with van der Waals surface area (Å²) in [6.07, 6.45) is 2.78. The van der Waals surface area contributed by atoms with Crippen LogP contribution in [0.25, 0.3) is 0 Å². The Kier molecular flexibility index (Phi) is 12.1. The van der Waals surface area contributed by atoms with Crippen LogP contribution >= 0.6 is 11.8 Å². The van der Waals surface area contributed by atoms with E-state index in [-0.39, 0.29) is 23.0 Å². The van der Waals surface area contributed by atoms with E-state index in [0.29, 0.717) is 25.2 Å². The molecule has 0 bridgehead atoms. The van der Waals surface area contributed by atoms with Gasteiger partial charge in [-0.25, -0.2) is 8.42 Å². The summed E-state index contributed by atoms with van der Waals surface area (Å²) >= 11 is 1.51. The summed E-state index contributed by atoms with van der Waals surface area (Å²) in [7, 11) is -4.20. The molecule has 0 radical (unpaired) electrons. The van der Waals surface area contributed by atoms with Crippen molar-refractivity contribution in [1.82, 2.24) is 10.2 Å². The van der Waals surface area contributed by atoms with Crippen molar-refractivity contribution in [2.24, 2.45) is 0 Å². The Morgan fingerprint density at radius 2 is 1.56 bits per heavy atom. The highest BCUT2D eigenvalue weighted by molar-refractivity contribution is 7.98. The van der Waals surface area contributed by atoms with Crippen molar-refractivity contribution in [3.05, 3.63) is 84.4 Å². The topological polar surface area (TPSA) is 96.0 Å². The SMILES string of the molecule is CCOc1ccccc1N(CC(=O)N(CCc1ccccc1)C(CC)C(=O)NC(C)(C)C)S(=O)(=O)c1ccc(SC)cc1. The summed E-state index contributed by atoms with van der Waals surface area (Å²) in [5.74, 6) is -0.425. The van der Waals surface area contributed by atoms with Gasteiger partial charge in [-0.3, -0.25) is 13.9 Å². The van der Waals surface area contributed by atoms with Crippen LogP contribution in [0.2, 0.25) is 0 Å². The number of ether oxygens (including phenoxy) is 1. The molecule has 1 unspecified atom stereocenters. The summed E-state index contributed by atoms with van der Waals surface area (Å²) in [5.41, 5.74) is 0.751. The van der Waals surface area contributed by atoms with Crippen LogP contribution in [0.15, 0.2) is 88.7 Å². The summed E-state index contributed by atoms with van der Waals surface area (Å²) < 4.78 is 35.3. The second-order valence-corrected chi connectivity index (χ2v) is 13.8. The first kappa shape index (κ1) is 34.0. The number of thioether (sulfide) groups is 1. The summed E-state index contributed by atoms with van der Waals surface area (Å²) in [5, 5.41) is 2.99. The van der Waals surface area contributed by atoms with Crippen molar-refractivity contribution < 1.29 is 22.7 Å². The van der Waals surface area contributed by atoms with Gasteiger partial charge in [-0.15, -0.1) is 11.8 Å². The molecule has 0 aliphatic rings. The number of carbonyl (C=O) groups excluding carboxylic acids is 2. The fourth-order valence-corrected chi connectivity index (χ4v) is 6.51. The van der Waals surface area contributed by atoms with Crippen LogP contribution in [-0.4, -0.2) is 62.7 Å². The maximum absolute atomic E-state index is 14.3. The average molecular weight is 626 g/mol. The smallest absolute Gasteiger partial charge is 0.264 e. The lowest BCUT2D eigenvalue weighted by atomic mass is 10.1. The molecule has 43 heavy (non-hydrogen) atoms. The normalized spacial score (nSPS) is 12.3. The molecule has 0 fully saturated rings. The molecule has 0 saturated carbocycles. The van der Waals surface area contributed by atoms with Crippen LogP contribution < -0.4 is 14.4 Å². The van der Waals surface area contributed by atoms with Gasteiger partial charge in [0.15, 0.2) is 0 Å². The van der Waals surface area contributed by atoms with E-state index in [9.17, 15) is 18.0 Å². The van der Waals surface area contributed by atoms with Gasteiger partial charge in [0, 0.05) is 17.0 Å². The van der Waals surface area contributed by atoms with Gasteiger partial charge < -0.3 is 15.0 Å².